The van der Waals surface area contributed by atoms with Gasteiger partial charge in [0.05, 0.1) is 6.10 Å². The Labute approximate surface area is 83.1 Å². The lowest BCUT2D eigenvalue weighted by Crippen LogP contribution is -2.36. The number of β-amino-alcohol motifs (C(OH)–C–C–N with tert-alkyl or cyclic N) is 1. The second-order valence-corrected chi connectivity index (χ2v) is 4.15. The summed E-state index contributed by atoms with van der Waals surface area (Å²) in [6.07, 6.45) is 3.63. The van der Waals surface area contributed by atoms with E-state index in [0.717, 1.165) is 12.6 Å². The molecule has 1 fully saturated rings. The van der Waals surface area contributed by atoms with E-state index in [2.05, 4.69) is 27.8 Å². The van der Waals surface area contributed by atoms with Crippen molar-refractivity contribution in [3.8, 4) is 0 Å². The van der Waals surface area contributed by atoms with Crippen LogP contribution in [-0.4, -0.2) is 40.6 Å². The Bertz CT molecular complexity index is 132. The lowest BCUT2D eigenvalue weighted by Gasteiger charge is -2.24. The Morgan fingerprint density at radius 1 is 1.67 bits per heavy atom. The van der Waals surface area contributed by atoms with Crippen molar-refractivity contribution in [2.45, 2.75) is 38.3 Å². The van der Waals surface area contributed by atoms with Gasteiger partial charge in [-0.25, -0.2) is 0 Å². The van der Waals surface area contributed by atoms with E-state index in [1.807, 2.05) is 0 Å². The van der Waals surface area contributed by atoms with E-state index < -0.39 is 0 Å². The van der Waals surface area contributed by atoms with Crippen LogP contribution in [0, 0.1) is 0 Å². The maximum absolute atomic E-state index is 9.44. The number of likely N-dealkylation sites (tertiary alicyclic amines) is 1. The van der Waals surface area contributed by atoms with Gasteiger partial charge < -0.3 is 5.11 Å². The molecule has 0 aromatic rings. The van der Waals surface area contributed by atoms with Crippen LogP contribution in [0.3, 0.4) is 0 Å². The molecule has 1 aliphatic rings. The van der Waals surface area contributed by atoms with Crippen molar-refractivity contribution >= 4 is 15.9 Å². The van der Waals surface area contributed by atoms with Gasteiger partial charge in [0.1, 0.15) is 0 Å². The predicted octanol–water partition coefficient (Wildman–Crippen LogP) is 1.62. The molecule has 1 rings (SSSR count). The minimum atomic E-state index is -0.197. The van der Waals surface area contributed by atoms with Crippen molar-refractivity contribution in [1.82, 2.24) is 4.90 Å². The molecule has 72 valence electrons. The highest BCUT2D eigenvalue weighted by molar-refractivity contribution is 9.09. The molecule has 0 aromatic heterocycles. The van der Waals surface area contributed by atoms with Crippen molar-refractivity contribution in [3.63, 3.8) is 0 Å². The van der Waals surface area contributed by atoms with Crippen molar-refractivity contribution in [2.24, 2.45) is 0 Å². The van der Waals surface area contributed by atoms with E-state index in [-0.39, 0.29) is 6.10 Å². The van der Waals surface area contributed by atoms with Crippen LogP contribution in [-0.2, 0) is 0 Å². The smallest absolute Gasteiger partial charge is 0.0763 e. The summed E-state index contributed by atoms with van der Waals surface area (Å²) in [5.41, 5.74) is 0. The van der Waals surface area contributed by atoms with E-state index in [0.29, 0.717) is 5.33 Å². The van der Waals surface area contributed by atoms with E-state index in [1.54, 1.807) is 0 Å². The van der Waals surface area contributed by atoms with Gasteiger partial charge in [-0.15, -0.1) is 0 Å². The predicted molar refractivity (Wildman–Crippen MR) is 54.7 cm³/mol. The SMILES string of the molecule is CCC1CCCN1CC(O)CBr. The zero-order valence-corrected chi connectivity index (χ0v) is 9.26. The van der Waals surface area contributed by atoms with Crippen LogP contribution in [0.4, 0.5) is 0 Å². The molecule has 2 atom stereocenters. The number of halogens is 1. The molecule has 1 aliphatic heterocycles. The molecule has 1 heterocycles. The number of aliphatic hydroxyl groups excluding tert-OH is 1. The number of rotatable bonds is 4. The number of hydrogen-bond donors (Lipinski definition) is 1. The Morgan fingerprint density at radius 2 is 2.42 bits per heavy atom. The molecule has 0 aliphatic carbocycles. The summed E-state index contributed by atoms with van der Waals surface area (Å²) in [6.45, 7) is 4.23. The maximum Gasteiger partial charge on any atom is 0.0763 e. The van der Waals surface area contributed by atoms with Crippen molar-refractivity contribution in [2.75, 3.05) is 18.4 Å². The summed E-state index contributed by atoms with van der Waals surface area (Å²) in [5, 5.41) is 10.1. The van der Waals surface area contributed by atoms with Crippen molar-refractivity contribution in [1.29, 1.82) is 0 Å². The molecule has 0 amide bonds. The zero-order chi connectivity index (χ0) is 8.97. The van der Waals surface area contributed by atoms with Gasteiger partial charge in [-0.1, -0.05) is 22.9 Å². The zero-order valence-electron chi connectivity index (χ0n) is 7.67. The molecule has 1 N–H and O–H groups in total. The molecule has 0 spiro atoms. The highest BCUT2D eigenvalue weighted by Crippen LogP contribution is 2.19. The minimum absolute atomic E-state index is 0.197. The molecule has 2 nitrogen and oxygen atoms in total. The fourth-order valence-corrected chi connectivity index (χ4v) is 2.12. The monoisotopic (exact) mass is 235 g/mol. The van der Waals surface area contributed by atoms with Gasteiger partial charge >= 0.3 is 0 Å². The average molecular weight is 236 g/mol. The standard InChI is InChI=1S/C9H18BrNO/c1-2-8-4-3-5-11(8)7-9(12)6-10/h8-9,12H,2-7H2,1H3. The molecule has 0 radical (unpaired) electrons. The molecule has 0 saturated carbocycles. The third-order valence-corrected chi connectivity index (χ3v) is 3.34. The Kier molecular flexibility index (Phi) is 4.54. The second-order valence-electron chi connectivity index (χ2n) is 3.51. The van der Waals surface area contributed by atoms with Crippen LogP contribution in [0.25, 0.3) is 0 Å². The van der Waals surface area contributed by atoms with Crippen LogP contribution in [0.5, 0.6) is 0 Å². The van der Waals surface area contributed by atoms with Crippen LogP contribution in [0.1, 0.15) is 26.2 Å². The summed E-state index contributed by atoms with van der Waals surface area (Å²) in [5.74, 6) is 0. The van der Waals surface area contributed by atoms with Gasteiger partial charge in [-0.2, -0.15) is 0 Å². The third kappa shape index (κ3) is 2.71. The number of alkyl halides is 1. The van der Waals surface area contributed by atoms with E-state index in [9.17, 15) is 5.11 Å². The Hall–Kier alpha value is 0.400. The number of aliphatic hydroxyl groups is 1. The van der Waals surface area contributed by atoms with E-state index in [4.69, 9.17) is 0 Å². The van der Waals surface area contributed by atoms with Gasteiger partial charge in [0, 0.05) is 17.9 Å². The van der Waals surface area contributed by atoms with Crippen LogP contribution in [0.15, 0.2) is 0 Å². The minimum Gasteiger partial charge on any atom is -0.391 e. The van der Waals surface area contributed by atoms with Gasteiger partial charge in [-0.3, -0.25) is 4.90 Å². The topological polar surface area (TPSA) is 23.5 Å². The van der Waals surface area contributed by atoms with E-state index in [1.165, 1.54) is 25.8 Å². The molecule has 1 saturated heterocycles. The normalized spacial score (nSPS) is 27.8. The average Bonchev–Trinajstić information content (AvgIpc) is 2.51. The highest BCUT2D eigenvalue weighted by Gasteiger charge is 2.23. The number of nitrogens with zero attached hydrogens (tertiary/aromatic N) is 1. The summed E-state index contributed by atoms with van der Waals surface area (Å²) in [4.78, 5) is 2.41. The van der Waals surface area contributed by atoms with Crippen LogP contribution in [0.2, 0.25) is 0 Å². The molecule has 3 heteroatoms. The lowest BCUT2D eigenvalue weighted by molar-refractivity contribution is 0.122. The lowest BCUT2D eigenvalue weighted by atomic mass is 10.1. The molecular weight excluding hydrogens is 218 g/mol. The van der Waals surface area contributed by atoms with Gasteiger partial charge in [0.15, 0.2) is 0 Å². The van der Waals surface area contributed by atoms with Crippen LogP contribution >= 0.6 is 15.9 Å². The fraction of sp³-hybridized carbons (Fsp3) is 1.00. The summed E-state index contributed by atoms with van der Waals surface area (Å²) in [6, 6.07) is 0.721. The first-order valence-electron chi connectivity index (χ1n) is 4.76. The second kappa shape index (κ2) is 5.20. The fourth-order valence-electron chi connectivity index (χ4n) is 1.92. The van der Waals surface area contributed by atoms with Gasteiger partial charge in [-0.05, 0) is 25.8 Å². The highest BCUT2D eigenvalue weighted by atomic mass is 79.9. The van der Waals surface area contributed by atoms with Crippen LogP contribution < -0.4 is 0 Å². The Balaban J connectivity index is 2.30. The van der Waals surface area contributed by atoms with E-state index >= 15 is 0 Å². The maximum atomic E-state index is 9.44. The molecule has 0 aromatic carbocycles. The summed E-state index contributed by atoms with van der Waals surface area (Å²) >= 11 is 3.29. The molecular formula is C9H18BrNO. The Morgan fingerprint density at radius 3 is 3.00 bits per heavy atom. The first kappa shape index (κ1) is 10.5. The summed E-state index contributed by atoms with van der Waals surface area (Å²) < 4.78 is 0. The molecule has 2 unspecified atom stereocenters. The van der Waals surface area contributed by atoms with Crippen molar-refractivity contribution < 1.29 is 5.11 Å². The van der Waals surface area contributed by atoms with Gasteiger partial charge in [0.2, 0.25) is 0 Å². The van der Waals surface area contributed by atoms with Crippen molar-refractivity contribution in [3.05, 3.63) is 0 Å². The first-order chi connectivity index (χ1) is 5.77. The largest absolute Gasteiger partial charge is 0.391 e. The molecule has 12 heavy (non-hydrogen) atoms. The third-order valence-electron chi connectivity index (χ3n) is 2.59. The molecule has 0 bridgehead atoms. The first-order valence-corrected chi connectivity index (χ1v) is 5.88. The number of hydrogen-bond acceptors (Lipinski definition) is 2. The quantitative estimate of drug-likeness (QED) is 0.750. The summed E-state index contributed by atoms with van der Waals surface area (Å²) in [7, 11) is 0. The van der Waals surface area contributed by atoms with Gasteiger partial charge in [0.25, 0.3) is 0 Å².